The van der Waals surface area contributed by atoms with Crippen molar-refractivity contribution in [3.8, 4) is 0 Å². The molecule has 1 aliphatic heterocycles. The number of hydrogen-bond acceptors (Lipinski definition) is 3. The molecule has 2 rings (SSSR count). The monoisotopic (exact) mass is 570 g/mol. The second-order valence-corrected chi connectivity index (χ2v) is 8.41. The van der Waals surface area contributed by atoms with Crippen molar-refractivity contribution in [1.29, 1.82) is 0 Å². The lowest BCUT2D eigenvalue weighted by molar-refractivity contribution is -0.0494. The number of piperidine rings is 1. The quantitative estimate of drug-likeness (QED) is 0.239. The van der Waals surface area contributed by atoms with Gasteiger partial charge >= 0.3 is 15.5 Å². The third kappa shape index (κ3) is 6.90. The van der Waals surface area contributed by atoms with Gasteiger partial charge in [0.05, 0.1) is 0 Å². The summed E-state index contributed by atoms with van der Waals surface area (Å²) in [6.07, 6.45) is 0.376. The number of nitrogens with one attached hydrogen (secondary N) is 2. The molecule has 1 fully saturated rings. The summed E-state index contributed by atoms with van der Waals surface area (Å²) in [5.41, 5.74) is -5.39. The summed E-state index contributed by atoms with van der Waals surface area (Å²) in [7, 11) is -5.33. The van der Waals surface area contributed by atoms with Crippen LogP contribution < -0.4 is 10.6 Å². The van der Waals surface area contributed by atoms with E-state index in [4.69, 9.17) is 0 Å². The number of hydrogen-bond donors (Lipinski definition) is 2. The van der Waals surface area contributed by atoms with Crippen molar-refractivity contribution >= 4 is 40.0 Å². The molecule has 0 aromatic heterocycles. The van der Waals surface area contributed by atoms with Gasteiger partial charge < -0.3 is 10.6 Å². The fraction of sp³-hybridized carbons (Fsp3) is 0.588. The first-order chi connectivity index (χ1) is 13.6. The van der Waals surface area contributed by atoms with E-state index < -0.39 is 27.2 Å². The first-order valence-electron chi connectivity index (χ1n) is 9.10. The summed E-state index contributed by atoms with van der Waals surface area (Å²) >= 11 is 0. The van der Waals surface area contributed by atoms with Crippen LogP contribution in [0.4, 0.5) is 22.0 Å². The Morgan fingerprint density at radius 2 is 1.77 bits per heavy atom. The minimum Gasteiger partial charge on any atom is -0.357 e. The van der Waals surface area contributed by atoms with Crippen molar-refractivity contribution in [2.45, 2.75) is 37.7 Å². The lowest BCUT2D eigenvalue weighted by Gasteiger charge is -2.32. The second-order valence-electron chi connectivity index (χ2n) is 6.48. The third-order valence-electron chi connectivity index (χ3n) is 4.46. The number of guanidine groups is 1. The number of halogens is 6. The van der Waals surface area contributed by atoms with Gasteiger partial charge in [-0.15, -0.1) is 24.0 Å². The van der Waals surface area contributed by atoms with Gasteiger partial charge in [0.2, 0.25) is 0 Å². The predicted molar refractivity (Wildman–Crippen MR) is 114 cm³/mol. The van der Waals surface area contributed by atoms with Crippen LogP contribution in [0, 0.1) is 11.6 Å². The van der Waals surface area contributed by atoms with Gasteiger partial charge in [-0.25, -0.2) is 17.2 Å². The molecule has 0 atom stereocenters. The molecule has 30 heavy (non-hydrogen) atoms. The van der Waals surface area contributed by atoms with Gasteiger partial charge in [-0.2, -0.15) is 17.5 Å². The Kier molecular flexibility index (Phi) is 10.2. The lowest BCUT2D eigenvalue weighted by Crippen LogP contribution is -2.51. The molecule has 0 unspecified atom stereocenters. The number of nitrogens with zero attached hydrogens (tertiary/aromatic N) is 2. The van der Waals surface area contributed by atoms with Crippen LogP contribution in [-0.4, -0.2) is 56.4 Å². The van der Waals surface area contributed by atoms with Gasteiger partial charge in [0.1, 0.15) is 11.6 Å². The number of rotatable bonds is 6. The smallest absolute Gasteiger partial charge is 0.357 e. The minimum absolute atomic E-state index is 0. The topological polar surface area (TPSA) is 73.8 Å². The molecule has 172 valence electrons. The average Bonchev–Trinajstić information content (AvgIpc) is 2.64. The molecule has 6 nitrogen and oxygen atoms in total. The Morgan fingerprint density at radius 3 is 2.27 bits per heavy atom. The first-order valence-corrected chi connectivity index (χ1v) is 10.5. The number of sulfonamides is 1. The highest BCUT2D eigenvalue weighted by Crippen LogP contribution is 2.28. The molecule has 0 saturated carbocycles. The Hall–Kier alpha value is -1.22. The Morgan fingerprint density at radius 1 is 1.20 bits per heavy atom. The summed E-state index contributed by atoms with van der Waals surface area (Å²) in [6, 6.07) is 3.31. The summed E-state index contributed by atoms with van der Waals surface area (Å²) < 4.78 is 88.6. The van der Waals surface area contributed by atoms with E-state index in [9.17, 15) is 30.4 Å². The zero-order chi connectivity index (χ0) is 21.7. The molecule has 0 radical (unpaired) electrons. The Labute approximate surface area is 189 Å². The van der Waals surface area contributed by atoms with Crippen LogP contribution in [0.1, 0.15) is 25.3 Å². The van der Waals surface area contributed by atoms with E-state index in [1.54, 1.807) is 0 Å². The molecule has 0 bridgehead atoms. The standard InChI is InChI=1S/C17H23F5N4O2S.HI/c1-2-23-16(24-9-6-13-14(18)4-3-5-15(13)19)25-12-7-10-26(11-8-12)29(27,28)17(20,21)22;/h3-5,12H,2,6-11H2,1H3,(H2,23,24,25);1H. The minimum atomic E-state index is -5.33. The summed E-state index contributed by atoms with van der Waals surface area (Å²) in [5.74, 6) is -0.964. The van der Waals surface area contributed by atoms with Crippen LogP contribution in [0.15, 0.2) is 23.2 Å². The predicted octanol–water partition coefficient (Wildman–Crippen LogP) is 2.99. The van der Waals surface area contributed by atoms with Gasteiger partial charge in [-0.3, -0.25) is 4.99 Å². The van der Waals surface area contributed by atoms with E-state index in [1.165, 1.54) is 6.07 Å². The van der Waals surface area contributed by atoms with Gasteiger partial charge in [0.15, 0.2) is 5.96 Å². The Balaban J connectivity index is 0.00000450. The maximum Gasteiger partial charge on any atom is 0.511 e. The molecule has 0 aliphatic carbocycles. The molecule has 1 aliphatic rings. The number of aliphatic imine (C=N–C) groups is 1. The van der Waals surface area contributed by atoms with E-state index >= 15 is 0 Å². The maximum absolute atomic E-state index is 13.7. The van der Waals surface area contributed by atoms with Crippen LogP contribution in [0.25, 0.3) is 0 Å². The van der Waals surface area contributed by atoms with Crippen LogP contribution in [0.2, 0.25) is 0 Å². The highest BCUT2D eigenvalue weighted by Gasteiger charge is 2.50. The van der Waals surface area contributed by atoms with E-state index in [-0.39, 0.29) is 74.5 Å². The summed E-state index contributed by atoms with van der Waals surface area (Å²) in [5, 5.41) is 5.98. The SMILES string of the molecule is CCNC(=NCCc1c(F)cccc1F)NC1CCN(S(=O)(=O)C(F)(F)F)CC1.I. The van der Waals surface area contributed by atoms with Crippen LogP contribution >= 0.6 is 24.0 Å². The van der Waals surface area contributed by atoms with Gasteiger partial charge in [-0.05, 0) is 38.3 Å². The molecule has 2 N–H and O–H groups in total. The van der Waals surface area contributed by atoms with E-state index in [0.29, 0.717) is 16.8 Å². The van der Waals surface area contributed by atoms with E-state index in [2.05, 4.69) is 15.6 Å². The van der Waals surface area contributed by atoms with E-state index in [1.807, 2.05) is 6.92 Å². The lowest BCUT2D eigenvalue weighted by atomic mass is 10.1. The first kappa shape index (κ1) is 26.8. The largest absolute Gasteiger partial charge is 0.511 e. The van der Waals surface area contributed by atoms with Crippen LogP contribution in [0.5, 0.6) is 0 Å². The van der Waals surface area contributed by atoms with Crippen molar-refractivity contribution in [1.82, 2.24) is 14.9 Å². The van der Waals surface area contributed by atoms with Gasteiger partial charge in [0, 0.05) is 37.8 Å². The number of benzene rings is 1. The van der Waals surface area contributed by atoms with Crippen molar-refractivity contribution in [3.05, 3.63) is 35.4 Å². The van der Waals surface area contributed by atoms with Crippen molar-refractivity contribution in [3.63, 3.8) is 0 Å². The molecule has 1 heterocycles. The third-order valence-corrected chi connectivity index (χ3v) is 6.09. The summed E-state index contributed by atoms with van der Waals surface area (Å²) in [6.45, 7) is 1.88. The fourth-order valence-electron chi connectivity index (χ4n) is 2.95. The zero-order valence-electron chi connectivity index (χ0n) is 16.2. The highest BCUT2D eigenvalue weighted by atomic mass is 127. The molecule has 1 aromatic carbocycles. The fourth-order valence-corrected chi connectivity index (χ4v) is 3.94. The second kappa shape index (κ2) is 11.4. The molecule has 0 amide bonds. The molecule has 1 saturated heterocycles. The molecule has 1 aromatic rings. The van der Waals surface area contributed by atoms with Gasteiger partial charge in [-0.1, -0.05) is 6.07 Å². The summed E-state index contributed by atoms with van der Waals surface area (Å²) in [4.78, 5) is 4.24. The van der Waals surface area contributed by atoms with Crippen molar-refractivity contribution in [2.75, 3.05) is 26.2 Å². The molecular weight excluding hydrogens is 546 g/mol. The van der Waals surface area contributed by atoms with Crippen LogP contribution in [0.3, 0.4) is 0 Å². The molecule has 0 spiro atoms. The zero-order valence-corrected chi connectivity index (χ0v) is 19.3. The van der Waals surface area contributed by atoms with Crippen molar-refractivity contribution < 1.29 is 30.4 Å². The molecular formula is C17H24F5IN4O2S. The molecule has 13 heteroatoms. The van der Waals surface area contributed by atoms with Gasteiger partial charge in [0.25, 0.3) is 0 Å². The Bertz CT molecular complexity index is 808. The maximum atomic E-state index is 13.7. The van der Waals surface area contributed by atoms with Crippen LogP contribution in [-0.2, 0) is 16.4 Å². The highest BCUT2D eigenvalue weighted by molar-refractivity contribution is 14.0. The average molecular weight is 570 g/mol. The van der Waals surface area contributed by atoms with E-state index in [0.717, 1.165) is 12.1 Å². The number of alkyl halides is 3. The normalized spacial score (nSPS) is 16.8. The van der Waals surface area contributed by atoms with Crippen molar-refractivity contribution in [2.24, 2.45) is 4.99 Å².